The Morgan fingerprint density at radius 1 is 1.35 bits per heavy atom. The molecule has 0 unspecified atom stereocenters. The minimum atomic E-state index is -0.421. The van der Waals surface area contributed by atoms with Gasteiger partial charge in [0.25, 0.3) is 0 Å². The van der Waals surface area contributed by atoms with E-state index in [1.165, 1.54) is 0 Å². The Balaban J connectivity index is 2.36. The van der Waals surface area contributed by atoms with Crippen molar-refractivity contribution in [2.24, 2.45) is 5.73 Å². The molecule has 2 N–H and O–H groups in total. The van der Waals surface area contributed by atoms with E-state index in [1.807, 2.05) is 18.2 Å². The average Bonchev–Trinajstić information content (AvgIpc) is 2.35. The molecule has 1 amide bonds. The predicted octanol–water partition coefficient (Wildman–Crippen LogP) is 1.52. The lowest BCUT2D eigenvalue weighted by Crippen LogP contribution is -2.10. The van der Waals surface area contributed by atoms with Gasteiger partial charge in [-0.1, -0.05) is 6.07 Å². The fraction of sp³-hybridized carbons (Fsp3) is 0.231. The quantitative estimate of drug-likeness (QED) is 0.866. The second-order valence-corrected chi connectivity index (χ2v) is 3.82. The van der Waals surface area contributed by atoms with Gasteiger partial charge in [0.2, 0.25) is 5.91 Å². The molecule has 17 heavy (non-hydrogen) atoms. The highest BCUT2D eigenvalue weighted by atomic mass is 16.5. The van der Waals surface area contributed by atoms with Gasteiger partial charge < -0.3 is 10.5 Å². The van der Waals surface area contributed by atoms with Crippen LogP contribution in [0.2, 0.25) is 0 Å². The van der Waals surface area contributed by atoms with E-state index in [2.05, 4.69) is 4.98 Å². The number of methoxy groups -OCH3 is 1. The molecule has 88 valence electrons. The Morgan fingerprint density at radius 3 is 2.88 bits per heavy atom. The number of ether oxygens (including phenoxy) is 1. The summed E-state index contributed by atoms with van der Waals surface area (Å²) in [5, 5.41) is 0.919. The van der Waals surface area contributed by atoms with Crippen LogP contribution in [0.3, 0.4) is 0 Å². The first-order chi connectivity index (χ1) is 8.20. The van der Waals surface area contributed by atoms with E-state index in [1.54, 1.807) is 19.2 Å². The maximum absolute atomic E-state index is 11.0. The second-order valence-electron chi connectivity index (χ2n) is 3.82. The van der Waals surface area contributed by atoms with Gasteiger partial charge in [0, 0.05) is 30.2 Å². The number of carbonyl (C=O) groups excluding carboxylic acids is 1. The summed E-state index contributed by atoms with van der Waals surface area (Å²) in [5.41, 5.74) is 7.57. The van der Waals surface area contributed by atoms with Crippen molar-refractivity contribution in [3.8, 4) is 0 Å². The first-order valence-corrected chi connectivity index (χ1v) is 5.39. The van der Waals surface area contributed by atoms with E-state index in [0.717, 1.165) is 23.0 Å². The largest absolute Gasteiger partial charge is 0.384 e. The molecular weight excluding hydrogens is 216 g/mol. The third kappa shape index (κ3) is 2.60. The minimum Gasteiger partial charge on any atom is -0.384 e. The van der Waals surface area contributed by atoms with Gasteiger partial charge in [-0.15, -0.1) is 0 Å². The molecule has 0 aliphatic heterocycles. The summed E-state index contributed by atoms with van der Waals surface area (Å²) >= 11 is 0. The summed E-state index contributed by atoms with van der Waals surface area (Å²) in [7, 11) is 1.67. The van der Waals surface area contributed by atoms with E-state index in [-0.39, 0.29) is 0 Å². The Morgan fingerprint density at radius 2 is 2.18 bits per heavy atom. The molecule has 0 radical (unpaired) electrons. The number of benzene rings is 1. The summed E-state index contributed by atoms with van der Waals surface area (Å²) in [6, 6.07) is 9.14. The number of amides is 1. The second kappa shape index (κ2) is 4.93. The van der Waals surface area contributed by atoms with Gasteiger partial charge in [-0.05, 0) is 24.3 Å². The number of nitrogens with two attached hydrogens (primary N) is 1. The van der Waals surface area contributed by atoms with Crippen LogP contribution in [0.25, 0.3) is 10.9 Å². The molecule has 2 rings (SSSR count). The summed E-state index contributed by atoms with van der Waals surface area (Å²) < 4.78 is 5.01. The van der Waals surface area contributed by atoms with Gasteiger partial charge in [0.1, 0.15) is 0 Å². The molecule has 4 nitrogen and oxygen atoms in total. The number of rotatable bonds is 4. The third-order valence-electron chi connectivity index (χ3n) is 2.59. The zero-order valence-electron chi connectivity index (χ0n) is 9.64. The van der Waals surface area contributed by atoms with Gasteiger partial charge in [0.05, 0.1) is 12.1 Å². The molecule has 0 fully saturated rings. The number of fused-ring (bicyclic) bond motifs is 1. The minimum absolute atomic E-state index is 0.421. The maximum Gasteiger partial charge on any atom is 0.248 e. The molecule has 2 aromatic rings. The molecule has 4 heteroatoms. The van der Waals surface area contributed by atoms with Crippen LogP contribution < -0.4 is 5.73 Å². The monoisotopic (exact) mass is 230 g/mol. The highest BCUT2D eigenvalue weighted by Crippen LogP contribution is 2.15. The van der Waals surface area contributed by atoms with Gasteiger partial charge >= 0.3 is 0 Å². The molecule has 0 aliphatic carbocycles. The Bertz CT molecular complexity index is 552. The van der Waals surface area contributed by atoms with E-state index in [4.69, 9.17) is 10.5 Å². The third-order valence-corrected chi connectivity index (χ3v) is 2.59. The SMILES string of the molecule is COCCc1ccc2cc(C(N)=O)ccc2n1. The van der Waals surface area contributed by atoms with Gasteiger partial charge in [-0.2, -0.15) is 0 Å². The highest BCUT2D eigenvalue weighted by Gasteiger charge is 2.03. The highest BCUT2D eigenvalue weighted by molar-refractivity contribution is 5.96. The molecule has 0 saturated heterocycles. The normalized spacial score (nSPS) is 10.6. The first-order valence-electron chi connectivity index (χ1n) is 5.39. The molecular formula is C13H14N2O2. The molecule has 0 atom stereocenters. The van der Waals surface area contributed by atoms with Gasteiger partial charge in [-0.25, -0.2) is 0 Å². The van der Waals surface area contributed by atoms with Crippen molar-refractivity contribution in [3.63, 3.8) is 0 Å². The first kappa shape index (κ1) is 11.5. The molecule has 0 saturated carbocycles. The predicted molar refractivity (Wildman–Crippen MR) is 65.8 cm³/mol. The lowest BCUT2D eigenvalue weighted by Gasteiger charge is -2.03. The van der Waals surface area contributed by atoms with Gasteiger partial charge in [0.15, 0.2) is 0 Å². The summed E-state index contributed by atoms with van der Waals surface area (Å²) in [6.07, 6.45) is 0.782. The van der Waals surface area contributed by atoms with Crippen LogP contribution in [0.5, 0.6) is 0 Å². The Labute approximate surface area is 99.4 Å². The van der Waals surface area contributed by atoms with Crippen LogP contribution >= 0.6 is 0 Å². The number of carbonyl (C=O) groups is 1. The van der Waals surface area contributed by atoms with Crippen LogP contribution in [-0.4, -0.2) is 24.6 Å². The molecule has 0 bridgehead atoms. The number of primary amides is 1. The molecule has 1 aromatic carbocycles. The number of aromatic nitrogens is 1. The fourth-order valence-corrected chi connectivity index (χ4v) is 1.67. The van der Waals surface area contributed by atoms with E-state index in [0.29, 0.717) is 12.2 Å². The van der Waals surface area contributed by atoms with Crippen LogP contribution in [0.1, 0.15) is 16.1 Å². The van der Waals surface area contributed by atoms with Crippen LogP contribution in [0.15, 0.2) is 30.3 Å². The molecule has 1 heterocycles. The standard InChI is InChI=1S/C13H14N2O2/c1-17-7-6-11-4-2-9-8-10(13(14)16)3-5-12(9)15-11/h2-5,8H,6-7H2,1H3,(H2,14,16). The number of hydrogen-bond acceptors (Lipinski definition) is 3. The topological polar surface area (TPSA) is 65.2 Å². The zero-order valence-corrected chi connectivity index (χ0v) is 9.64. The van der Waals surface area contributed by atoms with E-state index < -0.39 is 5.91 Å². The van der Waals surface area contributed by atoms with Crippen molar-refractivity contribution in [2.45, 2.75) is 6.42 Å². The van der Waals surface area contributed by atoms with Crippen molar-refractivity contribution in [1.29, 1.82) is 0 Å². The van der Waals surface area contributed by atoms with Crippen molar-refractivity contribution in [1.82, 2.24) is 4.98 Å². The lowest BCUT2D eigenvalue weighted by atomic mass is 10.1. The van der Waals surface area contributed by atoms with Crippen molar-refractivity contribution in [2.75, 3.05) is 13.7 Å². The van der Waals surface area contributed by atoms with Crippen LogP contribution in [0.4, 0.5) is 0 Å². The number of nitrogens with zero attached hydrogens (tertiary/aromatic N) is 1. The Kier molecular flexibility index (Phi) is 3.35. The smallest absolute Gasteiger partial charge is 0.248 e. The Hall–Kier alpha value is -1.94. The molecule has 1 aromatic heterocycles. The fourth-order valence-electron chi connectivity index (χ4n) is 1.67. The zero-order chi connectivity index (χ0) is 12.3. The van der Waals surface area contributed by atoms with Crippen LogP contribution in [0, 0.1) is 0 Å². The summed E-state index contributed by atoms with van der Waals surface area (Å²) in [4.78, 5) is 15.5. The van der Waals surface area contributed by atoms with Crippen molar-refractivity contribution >= 4 is 16.8 Å². The summed E-state index contributed by atoms with van der Waals surface area (Å²) in [6.45, 7) is 0.651. The maximum atomic E-state index is 11.0. The molecule has 0 spiro atoms. The summed E-state index contributed by atoms with van der Waals surface area (Å²) in [5.74, 6) is -0.421. The van der Waals surface area contributed by atoms with Crippen LogP contribution in [-0.2, 0) is 11.2 Å². The number of pyridine rings is 1. The van der Waals surface area contributed by atoms with Gasteiger partial charge in [-0.3, -0.25) is 9.78 Å². The number of hydrogen-bond donors (Lipinski definition) is 1. The lowest BCUT2D eigenvalue weighted by molar-refractivity contribution is 0.100. The molecule has 0 aliphatic rings. The van der Waals surface area contributed by atoms with E-state index >= 15 is 0 Å². The van der Waals surface area contributed by atoms with E-state index in [9.17, 15) is 4.79 Å². The van der Waals surface area contributed by atoms with Crippen molar-refractivity contribution < 1.29 is 9.53 Å². The average molecular weight is 230 g/mol. The van der Waals surface area contributed by atoms with Crippen molar-refractivity contribution in [3.05, 3.63) is 41.6 Å².